The number of piperidine rings is 1. The van der Waals surface area contributed by atoms with Crippen LogP contribution in [0, 0.1) is 0 Å². The fraction of sp³-hybridized carbons (Fsp3) is 0.750. The summed E-state index contributed by atoms with van der Waals surface area (Å²) in [5, 5.41) is 3.54. The van der Waals surface area contributed by atoms with Crippen molar-refractivity contribution in [2.45, 2.75) is 50.7 Å². The number of fused-ring (bicyclic) bond motifs is 1. The Bertz CT molecular complexity index is 365. The van der Waals surface area contributed by atoms with Crippen LogP contribution in [0.25, 0.3) is 0 Å². The second-order valence-corrected chi connectivity index (χ2v) is 4.97. The quantitative estimate of drug-likeness (QED) is 0.754. The lowest BCUT2D eigenvalue weighted by molar-refractivity contribution is 0.405. The van der Waals surface area contributed by atoms with Gasteiger partial charge in [-0.3, -0.25) is 0 Å². The van der Waals surface area contributed by atoms with Crippen LogP contribution in [0.5, 0.6) is 0 Å². The van der Waals surface area contributed by atoms with Crippen molar-refractivity contribution in [2.75, 3.05) is 6.54 Å². The Morgan fingerprint density at radius 1 is 1.31 bits per heavy atom. The zero-order chi connectivity index (χ0) is 11.0. The molecule has 0 radical (unpaired) electrons. The lowest BCUT2D eigenvalue weighted by Gasteiger charge is -2.21. The number of imidazole rings is 1. The van der Waals surface area contributed by atoms with Gasteiger partial charge in [0.15, 0.2) is 0 Å². The van der Waals surface area contributed by atoms with E-state index in [1.807, 2.05) is 0 Å². The van der Waals surface area contributed by atoms with Crippen molar-refractivity contribution >= 4 is 0 Å². The van der Waals surface area contributed by atoms with E-state index in [-0.39, 0.29) is 6.04 Å². The van der Waals surface area contributed by atoms with Gasteiger partial charge in [0.25, 0.3) is 0 Å². The van der Waals surface area contributed by atoms with Crippen molar-refractivity contribution < 1.29 is 0 Å². The van der Waals surface area contributed by atoms with Gasteiger partial charge in [0, 0.05) is 12.7 Å². The van der Waals surface area contributed by atoms with Crippen LogP contribution in [-0.2, 0) is 6.54 Å². The van der Waals surface area contributed by atoms with Gasteiger partial charge in [-0.2, -0.15) is 0 Å². The van der Waals surface area contributed by atoms with E-state index < -0.39 is 0 Å². The summed E-state index contributed by atoms with van der Waals surface area (Å²) >= 11 is 0. The third-order valence-corrected chi connectivity index (χ3v) is 3.74. The van der Waals surface area contributed by atoms with Crippen LogP contribution in [0.1, 0.15) is 55.7 Å². The first kappa shape index (κ1) is 10.3. The molecule has 4 nitrogen and oxygen atoms in total. The molecule has 0 saturated carbocycles. The van der Waals surface area contributed by atoms with Gasteiger partial charge in [0.1, 0.15) is 5.82 Å². The SMILES string of the molecule is NC1CCCn2cc(C3CCCCN3)nc21. The number of hydrogen-bond acceptors (Lipinski definition) is 3. The Balaban J connectivity index is 1.85. The Morgan fingerprint density at radius 2 is 2.25 bits per heavy atom. The van der Waals surface area contributed by atoms with E-state index in [9.17, 15) is 0 Å². The second kappa shape index (κ2) is 4.18. The van der Waals surface area contributed by atoms with Crippen molar-refractivity contribution in [2.24, 2.45) is 5.73 Å². The topological polar surface area (TPSA) is 55.9 Å². The monoisotopic (exact) mass is 220 g/mol. The predicted octanol–water partition coefficient (Wildman–Crippen LogP) is 1.49. The van der Waals surface area contributed by atoms with E-state index in [1.54, 1.807) is 0 Å². The molecule has 1 aromatic rings. The Morgan fingerprint density at radius 3 is 3.00 bits per heavy atom. The van der Waals surface area contributed by atoms with Crippen molar-refractivity contribution in [1.29, 1.82) is 0 Å². The third-order valence-electron chi connectivity index (χ3n) is 3.74. The molecule has 4 heteroatoms. The van der Waals surface area contributed by atoms with Crippen LogP contribution in [0.3, 0.4) is 0 Å². The highest BCUT2D eigenvalue weighted by molar-refractivity contribution is 5.13. The molecule has 3 N–H and O–H groups in total. The van der Waals surface area contributed by atoms with Gasteiger partial charge in [-0.15, -0.1) is 0 Å². The van der Waals surface area contributed by atoms with Gasteiger partial charge in [0.2, 0.25) is 0 Å². The molecule has 2 unspecified atom stereocenters. The summed E-state index contributed by atoms with van der Waals surface area (Å²) in [7, 11) is 0. The van der Waals surface area contributed by atoms with Crippen LogP contribution in [0.2, 0.25) is 0 Å². The first-order valence-electron chi connectivity index (χ1n) is 6.40. The number of aryl methyl sites for hydroxylation is 1. The summed E-state index contributed by atoms with van der Waals surface area (Å²) < 4.78 is 2.25. The fourth-order valence-electron chi connectivity index (χ4n) is 2.81. The molecular formula is C12H20N4. The van der Waals surface area contributed by atoms with Crippen LogP contribution in [-0.4, -0.2) is 16.1 Å². The maximum absolute atomic E-state index is 6.09. The molecule has 0 bridgehead atoms. The summed E-state index contributed by atoms with van der Waals surface area (Å²) in [6, 6.07) is 0.602. The minimum absolute atomic E-state index is 0.145. The van der Waals surface area contributed by atoms with Crippen molar-refractivity contribution in [3.8, 4) is 0 Å². The van der Waals surface area contributed by atoms with Crippen molar-refractivity contribution in [3.63, 3.8) is 0 Å². The smallest absolute Gasteiger partial charge is 0.126 e. The number of nitrogens with zero attached hydrogens (tertiary/aromatic N) is 2. The number of rotatable bonds is 1. The molecule has 88 valence electrons. The molecule has 0 aromatic carbocycles. The third kappa shape index (κ3) is 1.76. The van der Waals surface area contributed by atoms with Gasteiger partial charge in [0.05, 0.1) is 17.8 Å². The maximum Gasteiger partial charge on any atom is 0.126 e. The minimum atomic E-state index is 0.145. The average Bonchev–Trinajstić information content (AvgIpc) is 2.76. The lowest BCUT2D eigenvalue weighted by Crippen LogP contribution is -2.27. The van der Waals surface area contributed by atoms with Crippen LogP contribution in [0.15, 0.2) is 6.20 Å². The standard InChI is InChI=1S/C12H20N4/c13-9-4-3-7-16-8-11(15-12(9)16)10-5-1-2-6-14-10/h8-10,14H,1-7,13H2. The molecule has 2 aliphatic heterocycles. The van der Waals surface area contributed by atoms with Crippen LogP contribution < -0.4 is 11.1 Å². The number of hydrogen-bond donors (Lipinski definition) is 2. The predicted molar refractivity (Wildman–Crippen MR) is 63.0 cm³/mol. The summed E-state index contributed by atoms with van der Waals surface area (Å²) in [5.41, 5.74) is 7.29. The first-order valence-corrected chi connectivity index (χ1v) is 6.40. The average molecular weight is 220 g/mol. The normalized spacial score (nSPS) is 30.1. The van der Waals surface area contributed by atoms with E-state index in [2.05, 4.69) is 16.1 Å². The molecule has 0 aliphatic carbocycles. The number of nitrogens with two attached hydrogens (primary N) is 1. The molecule has 16 heavy (non-hydrogen) atoms. The molecule has 2 atom stereocenters. The zero-order valence-electron chi connectivity index (χ0n) is 9.65. The van der Waals surface area contributed by atoms with E-state index >= 15 is 0 Å². The van der Waals surface area contributed by atoms with E-state index in [1.165, 1.54) is 31.4 Å². The molecule has 3 heterocycles. The molecular weight excluding hydrogens is 200 g/mol. The summed E-state index contributed by atoms with van der Waals surface area (Å²) in [4.78, 5) is 4.73. The lowest BCUT2D eigenvalue weighted by atomic mass is 10.0. The highest BCUT2D eigenvalue weighted by Gasteiger charge is 2.23. The summed E-state index contributed by atoms with van der Waals surface area (Å²) in [6.45, 7) is 2.21. The van der Waals surface area contributed by atoms with E-state index in [4.69, 9.17) is 10.7 Å². The van der Waals surface area contributed by atoms with Crippen LogP contribution in [0.4, 0.5) is 0 Å². The molecule has 0 amide bonds. The first-order chi connectivity index (χ1) is 7.84. The second-order valence-electron chi connectivity index (χ2n) is 4.97. The molecule has 1 fully saturated rings. The molecule has 1 saturated heterocycles. The van der Waals surface area contributed by atoms with Gasteiger partial charge in [-0.05, 0) is 32.2 Å². The molecule has 0 spiro atoms. The number of aromatic nitrogens is 2. The highest BCUT2D eigenvalue weighted by atomic mass is 15.1. The summed E-state index contributed by atoms with van der Waals surface area (Å²) in [5.74, 6) is 1.09. The number of nitrogens with one attached hydrogen (secondary N) is 1. The molecule has 1 aromatic heterocycles. The van der Waals surface area contributed by atoms with Gasteiger partial charge in [-0.25, -0.2) is 4.98 Å². The minimum Gasteiger partial charge on any atom is -0.333 e. The molecule has 2 aliphatic rings. The molecule has 3 rings (SSSR count). The van der Waals surface area contributed by atoms with Gasteiger partial charge < -0.3 is 15.6 Å². The van der Waals surface area contributed by atoms with Crippen molar-refractivity contribution in [1.82, 2.24) is 14.9 Å². The highest BCUT2D eigenvalue weighted by Crippen LogP contribution is 2.27. The Labute approximate surface area is 96.2 Å². The van der Waals surface area contributed by atoms with Crippen LogP contribution >= 0.6 is 0 Å². The fourth-order valence-corrected chi connectivity index (χ4v) is 2.81. The van der Waals surface area contributed by atoms with E-state index in [0.717, 1.165) is 25.3 Å². The van der Waals surface area contributed by atoms with E-state index in [0.29, 0.717) is 6.04 Å². The van der Waals surface area contributed by atoms with Crippen molar-refractivity contribution in [3.05, 3.63) is 17.7 Å². The largest absolute Gasteiger partial charge is 0.333 e. The Hall–Kier alpha value is -0.870. The van der Waals surface area contributed by atoms with Gasteiger partial charge in [-0.1, -0.05) is 6.42 Å². The Kier molecular flexibility index (Phi) is 2.69. The summed E-state index contributed by atoms with van der Waals surface area (Å²) in [6.07, 6.45) is 8.29. The maximum atomic E-state index is 6.09. The van der Waals surface area contributed by atoms with Gasteiger partial charge >= 0.3 is 0 Å². The zero-order valence-corrected chi connectivity index (χ0v) is 9.65.